The average molecular weight is 322 g/mol. The SMILES string of the molecule is O=C1CCCc2c1cc(-c1ccccc1)n2-c1ccc(Cl)cc1. The third-order valence-corrected chi connectivity index (χ3v) is 4.63. The number of halogens is 1. The standard InChI is InChI=1S/C20H16ClNO/c21-15-9-11-16(12-10-15)22-18-7-4-8-20(23)17(18)13-19(22)14-5-2-1-3-6-14/h1-3,5-6,9-13H,4,7-8H2. The molecular formula is C20H16ClNO. The predicted molar refractivity (Wildman–Crippen MR) is 93.5 cm³/mol. The first kappa shape index (κ1) is 14.3. The van der Waals surface area contributed by atoms with Crippen LogP contribution in [-0.2, 0) is 6.42 Å². The second-order valence-electron chi connectivity index (χ2n) is 5.84. The topological polar surface area (TPSA) is 22.0 Å². The summed E-state index contributed by atoms with van der Waals surface area (Å²) >= 11 is 6.03. The van der Waals surface area contributed by atoms with Gasteiger partial charge in [0.2, 0.25) is 0 Å². The van der Waals surface area contributed by atoms with Gasteiger partial charge in [-0.3, -0.25) is 4.79 Å². The summed E-state index contributed by atoms with van der Waals surface area (Å²) in [5.41, 5.74) is 5.20. The summed E-state index contributed by atoms with van der Waals surface area (Å²) in [5.74, 6) is 0.246. The highest BCUT2D eigenvalue weighted by atomic mass is 35.5. The largest absolute Gasteiger partial charge is 0.313 e. The Morgan fingerprint density at radius 2 is 1.65 bits per heavy atom. The van der Waals surface area contributed by atoms with Crippen molar-refractivity contribution in [1.82, 2.24) is 4.57 Å². The molecule has 0 N–H and O–H groups in total. The molecule has 1 aliphatic carbocycles. The van der Waals surface area contributed by atoms with Crippen molar-refractivity contribution in [1.29, 1.82) is 0 Å². The summed E-state index contributed by atoms with van der Waals surface area (Å²) in [6, 6.07) is 20.1. The molecule has 23 heavy (non-hydrogen) atoms. The Kier molecular flexibility index (Phi) is 3.55. The van der Waals surface area contributed by atoms with Gasteiger partial charge in [0.25, 0.3) is 0 Å². The Labute approximate surface area is 140 Å². The Balaban J connectivity index is 1.98. The second-order valence-corrected chi connectivity index (χ2v) is 6.28. The van der Waals surface area contributed by atoms with Crippen molar-refractivity contribution < 1.29 is 4.79 Å². The molecule has 0 spiro atoms. The van der Waals surface area contributed by atoms with Crippen LogP contribution in [0.3, 0.4) is 0 Å². The summed E-state index contributed by atoms with van der Waals surface area (Å²) in [6.07, 6.45) is 2.49. The lowest BCUT2D eigenvalue weighted by Gasteiger charge is -2.17. The highest BCUT2D eigenvalue weighted by molar-refractivity contribution is 6.30. The van der Waals surface area contributed by atoms with Gasteiger partial charge in [0.05, 0.1) is 5.69 Å². The minimum absolute atomic E-state index is 0.246. The fourth-order valence-corrected chi connectivity index (χ4v) is 3.42. The van der Waals surface area contributed by atoms with Crippen LogP contribution in [0.1, 0.15) is 28.9 Å². The average Bonchev–Trinajstić information content (AvgIpc) is 2.97. The van der Waals surface area contributed by atoms with Crippen LogP contribution in [0.25, 0.3) is 16.9 Å². The lowest BCUT2D eigenvalue weighted by molar-refractivity contribution is 0.0972. The fraction of sp³-hybridized carbons (Fsp3) is 0.150. The van der Waals surface area contributed by atoms with Gasteiger partial charge in [-0.2, -0.15) is 0 Å². The van der Waals surface area contributed by atoms with Crippen molar-refractivity contribution in [3.63, 3.8) is 0 Å². The molecule has 0 saturated carbocycles. The predicted octanol–water partition coefficient (Wildman–Crippen LogP) is 5.32. The molecule has 0 unspecified atom stereocenters. The number of fused-ring (bicyclic) bond motifs is 1. The monoisotopic (exact) mass is 321 g/mol. The van der Waals surface area contributed by atoms with E-state index in [-0.39, 0.29) is 5.78 Å². The number of ketones is 1. The molecule has 0 aliphatic heterocycles. The van der Waals surface area contributed by atoms with Crippen molar-refractivity contribution >= 4 is 17.4 Å². The van der Waals surface area contributed by atoms with Crippen LogP contribution in [-0.4, -0.2) is 10.4 Å². The van der Waals surface area contributed by atoms with Crippen LogP contribution < -0.4 is 0 Å². The van der Waals surface area contributed by atoms with Gasteiger partial charge in [-0.15, -0.1) is 0 Å². The fourth-order valence-electron chi connectivity index (χ4n) is 3.30. The number of aromatic nitrogens is 1. The first-order valence-electron chi connectivity index (χ1n) is 7.83. The quantitative estimate of drug-likeness (QED) is 0.626. The zero-order chi connectivity index (χ0) is 15.8. The maximum absolute atomic E-state index is 12.3. The van der Waals surface area contributed by atoms with Gasteiger partial charge in [-0.25, -0.2) is 0 Å². The summed E-state index contributed by atoms with van der Waals surface area (Å²) in [6.45, 7) is 0. The number of carbonyl (C=O) groups is 1. The Morgan fingerprint density at radius 1 is 0.913 bits per heavy atom. The maximum Gasteiger partial charge on any atom is 0.164 e. The molecule has 2 aromatic carbocycles. The van der Waals surface area contributed by atoms with Crippen LogP contribution in [0.4, 0.5) is 0 Å². The zero-order valence-electron chi connectivity index (χ0n) is 12.6. The van der Waals surface area contributed by atoms with Gasteiger partial charge >= 0.3 is 0 Å². The lowest BCUT2D eigenvalue weighted by atomic mass is 9.96. The van der Waals surface area contributed by atoms with E-state index in [1.54, 1.807) is 0 Å². The Hall–Kier alpha value is -2.32. The molecule has 1 aliphatic rings. The zero-order valence-corrected chi connectivity index (χ0v) is 13.4. The van der Waals surface area contributed by atoms with E-state index in [4.69, 9.17) is 11.6 Å². The third kappa shape index (κ3) is 2.49. The van der Waals surface area contributed by atoms with Crippen LogP contribution in [0.15, 0.2) is 60.7 Å². The number of hydrogen-bond donors (Lipinski definition) is 0. The first-order valence-corrected chi connectivity index (χ1v) is 8.21. The van der Waals surface area contributed by atoms with Gasteiger partial charge in [0, 0.05) is 28.4 Å². The van der Waals surface area contributed by atoms with Gasteiger partial charge < -0.3 is 4.57 Å². The van der Waals surface area contributed by atoms with Gasteiger partial charge in [0.1, 0.15) is 0 Å². The summed E-state index contributed by atoms with van der Waals surface area (Å²) in [5, 5.41) is 0.715. The molecule has 3 heteroatoms. The number of nitrogens with zero attached hydrogens (tertiary/aromatic N) is 1. The van der Waals surface area contributed by atoms with Gasteiger partial charge in [-0.1, -0.05) is 41.9 Å². The maximum atomic E-state index is 12.3. The smallest absolute Gasteiger partial charge is 0.164 e. The number of benzene rings is 2. The Morgan fingerprint density at radius 3 is 2.39 bits per heavy atom. The molecule has 1 aromatic heterocycles. The van der Waals surface area contributed by atoms with Crippen LogP contribution in [0.5, 0.6) is 0 Å². The third-order valence-electron chi connectivity index (χ3n) is 4.37. The minimum atomic E-state index is 0.246. The van der Waals surface area contributed by atoms with Crippen molar-refractivity contribution in [2.45, 2.75) is 19.3 Å². The molecule has 0 amide bonds. The molecule has 0 saturated heterocycles. The van der Waals surface area contributed by atoms with Gasteiger partial charge in [0.15, 0.2) is 5.78 Å². The first-order chi connectivity index (χ1) is 11.2. The number of carbonyl (C=O) groups excluding carboxylic acids is 1. The van der Waals surface area contributed by atoms with E-state index in [1.165, 1.54) is 0 Å². The molecular weight excluding hydrogens is 306 g/mol. The molecule has 0 bridgehead atoms. The Bertz CT molecular complexity index is 863. The molecule has 0 fully saturated rings. The molecule has 114 valence electrons. The van der Waals surface area contributed by atoms with Crippen molar-refractivity contribution in [2.24, 2.45) is 0 Å². The van der Waals surface area contributed by atoms with E-state index in [9.17, 15) is 4.79 Å². The summed E-state index contributed by atoms with van der Waals surface area (Å²) in [7, 11) is 0. The highest BCUT2D eigenvalue weighted by Crippen LogP contribution is 2.34. The van der Waals surface area contributed by atoms with E-state index in [0.29, 0.717) is 11.4 Å². The van der Waals surface area contributed by atoms with Crippen molar-refractivity contribution in [3.05, 3.63) is 76.9 Å². The van der Waals surface area contributed by atoms with Crippen molar-refractivity contribution in [3.8, 4) is 16.9 Å². The molecule has 4 rings (SSSR count). The van der Waals surface area contributed by atoms with Crippen LogP contribution in [0.2, 0.25) is 5.02 Å². The van der Waals surface area contributed by atoms with E-state index < -0.39 is 0 Å². The van der Waals surface area contributed by atoms with Crippen molar-refractivity contribution in [2.75, 3.05) is 0 Å². The second kappa shape index (κ2) is 5.71. The van der Waals surface area contributed by atoms with E-state index in [0.717, 1.165) is 41.0 Å². The summed E-state index contributed by atoms with van der Waals surface area (Å²) in [4.78, 5) is 12.3. The highest BCUT2D eigenvalue weighted by Gasteiger charge is 2.25. The summed E-state index contributed by atoms with van der Waals surface area (Å²) < 4.78 is 2.21. The van der Waals surface area contributed by atoms with E-state index >= 15 is 0 Å². The molecule has 1 heterocycles. The van der Waals surface area contributed by atoms with Crippen LogP contribution in [0, 0.1) is 0 Å². The molecule has 3 aromatic rings. The number of hydrogen-bond acceptors (Lipinski definition) is 1. The molecule has 0 atom stereocenters. The van der Waals surface area contributed by atoms with E-state index in [1.807, 2.05) is 48.5 Å². The van der Waals surface area contributed by atoms with Crippen LogP contribution >= 0.6 is 11.6 Å². The van der Waals surface area contributed by atoms with Gasteiger partial charge in [-0.05, 0) is 48.7 Å². The minimum Gasteiger partial charge on any atom is -0.313 e. The number of rotatable bonds is 2. The lowest BCUT2D eigenvalue weighted by Crippen LogP contribution is -2.12. The number of Topliss-reactive ketones (excluding diaryl/α,β-unsaturated/α-hetero) is 1. The normalized spacial score (nSPS) is 13.9. The molecule has 2 nitrogen and oxygen atoms in total. The molecule has 0 radical (unpaired) electrons. The van der Waals surface area contributed by atoms with E-state index in [2.05, 4.69) is 16.7 Å².